The third-order valence-corrected chi connectivity index (χ3v) is 9.08. The van der Waals surface area contributed by atoms with Crippen LogP contribution in [0.3, 0.4) is 0 Å². The third kappa shape index (κ3) is 7.38. The fourth-order valence-corrected chi connectivity index (χ4v) is 6.73. The van der Waals surface area contributed by atoms with Gasteiger partial charge in [-0.25, -0.2) is 14.2 Å². The molecule has 0 aromatic heterocycles. The predicted molar refractivity (Wildman–Crippen MR) is 171 cm³/mol. The molecule has 0 saturated carbocycles. The van der Waals surface area contributed by atoms with Gasteiger partial charge >= 0.3 is 19.9 Å². The normalized spacial score (nSPS) is 17.6. The Morgan fingerprint density at radius 1 is 0.851 bits per heavy atom. The number of carbonyl (C=O) groups is 3. The van der Waals surface area contributed by atoms with Gasteiger partial charge in [0.25, 0.3) is 0 Å². The summed E-state index contributed by atoms with van der Waals surface area (Å²) in [4.78, 5) is 49.3. The molecule has 0 spiro atoms. The van der Waals surface area contributed by atoms with E-state index in [1.54, 1.807) is 12.1 Å². The van der Waals surface area contributed by atoms with Crippen LogP contribution < -0.4 is 15.2 Å². The van der Waals surface area contributed by atoms with Gasteiger partial charge < -0.3 is 24.6 Å². The first kappa shape index (κ1) is 32.0. The Balaban J connectivity index is 1.16. The van der Waals surface area contributed by atoms with E-state index in [-0.39, 0.29) is 37.7 Å². The van der Waals surface area contributed by atoms with Crippen molar-refractivity contribution < 1.29 is 42.4 Å². The lowest BCUT2D eigenvalue weighted by molar-refractivity contribution is -0.145. The number of fused-ring (bicyclic) bond motifs is 4. The number of phosphoric ester groups is 1. The maximum atomic E-state index is 13.7. The third-order valence-electron chi connectivity index (χ3n) is 8.20. The summed E-state index contributed by atoms with van der Waals surface area (Å²) in [5, 5.41) is 5.43. The molecule has 242 valence electrons. The molecule has 4 aromatic carbocycles. The summed E-state index contributed by atoms with van der Waals surface area (Å²) in [5.74, 6) is -1.26. The molecule has 0 radical (unpaired) electrons. The van der Waals surface area contributed by atoms with Crippen molar-refractivity contribution in [3.05, 3.63) is 125 Å². The SMILES string of the molecule is COC(=O)[C@H](Cc1ccc2c(c1)COP(=O)(O)O2)NC(=O)[C@H](Cc1ccccc1)NC(=O)OCC1c2ccccc2-c2ccccc21. The van der Waals surface area contributed by atoms with Crippen LogP contribution in [0.1, 0.15) is 33.7 Å². The van der Waals surface area contributed by atoms with Crippen molar-refractivity contribution in [2.24, 2.45) is 0 Å². The summed E-state index contributed by atoms with van der Waals surface area (Å²) < 4.78 is 32.3. The van der Waals surface area contributed by atoms with Crippen molar-refractivity contribution in [3.8, 4) is 16.9 Å². The summed E-state index contributed by atoms with van der Waals surface area (Å²) in [6.07, 6.45) is -0.598. The van der Waals surface area contributed by atoms with E-state index in [0.29, 0.717) is 11.1 Å². The Morgan fingerprint density at radius 3 is 2.17 bits per heavy atom. The standard InChI is InChI=1S/C35H33N2O9P/c1-43-34(39)31(19-23-15-16-32-24(17-23)20-45-47(41,42)46-32)36-33(38)30(18-22-9-3-2-4-10-22)37-35(40)44-21-29-27-13-7-5-11-25(27)26-12-6-8-14-28(26)29/h2-17,29-31H,18-21H2,1H3,(H,36,38)(H,37,40)(H,41,42)/t30-,31-/m0/s1. The molecular formula is C35H33N2O9P. The number of alkyl carbamates (subject to hydrolysis) is 1. The highest BCUT2D eigenvalue weighted by molar-refractivity contribution is 7.47. The molecule has 2 amide bonds. The zero-order valence-corrected chi connectivity index (χ0v) is 26.4. The van der Waals surface area contributed by atoms with Gasteiger partial charge in [0.15, 0.2) is 0 Å². The highest BCUT2D eigenvalue weighted by Crippen LogP contribution is 2.50. The molecule has 12 heteroatoms. The largest absolute Gasteiger partial charge is 0.527 e. The zero-order valence-electron chi connectivity index (χ0n) is 25.5. The van der Waals surface area contributed by atoms with E-state index in [2.05, 4.69) is 10.6 Å². The number of phosphoric acid groups is 1. The van der Waals surface area contributed by atoms with Crippen LogP contribution in [0.15, 0.2) is 97.1 Å². The maximum absolute atomic E-state index is 13.7. The Kier molecular flexibility index (Phi) is 9.40. The summed E-state index contributed by atoms with van der Waals surface area (Å²) in [5.41, 5.74) is 6.23. The molecule has 3 atom stereocenters. The van der Waals surface area contributed by atoms with Crippen LogP contribution in [0.25, 0.3) is 11.1 Å². The average Bonchev–Trinajstić information content (AvgIpc) is 3.40. The monoisotopic (exact) mass is 656 g/mol. The molecule has 1 aliphatic carbocycles. The summed E-state index contributed by atoms with van der Waals surface area (Å²) in [7, 11) is -2.96. The van der Waals surface area contributed by atoms with Crippen LogP contribution in [-0.4, -0.2) is 48.7 Å². The molecule has 0 fully saturated rings. The Bertz CT molecular complexity index is 1800. The van der Waals surface area contributed by atoms with Crippen molar-refractivity contribution >= 4 is 25.8 Å². The van der Waals surface area contributed by atoms with Gasteiger partial charge in [0, 0.05) is 24.3 Å². The molecule has 4 aromatic rings. The zero-order chi connectivity index (χ0) is 33.0. The van der Waals surface area contributed by atoms with Gasteiger partial charge in [-0.3, -0.25) is 14.2 Å². The molecule has 2 aliphatic rings. The fraction of sp³-hybridized carbons (Fsp3) is 0.229. The van der Waals surface area contributed by atoms with Crippen LogP contribution in [0.4, 0.5) is 4.79 Å². The molecule has 0 saturated heterocycles. The van der Waals surface area contributed by atoms with Gasteiger partial charge in [0.05, 0.1) is 13.7 Å². The van der Waals surface area contributed by atoms with E-state index in [4.69, 9.17) is 18.5 Å². The van der Waals surface area contributed by atoms with Crippen LogP contribution in [0.2, 0.25) is 0 Å². The maximum Gasteiger partial charge on any atom is 0.527 e. The summed E-state index contributed by atoms with van der Waals surface area (Å²) in [6, 6.07) is 27.7. The number of methoxy groups -OCH3 is 1. The Morgan fingerprint density at radius 2 is 1.49 bits per heavy atom. The van der Waals surface area contributed by atoms with Gasteiger partial charge in [-0.05, 0) is 45.5 Å². The van der Waals surface area contributed by atoms with Gasteiger partial charge in [-0.1, -0.05) is 84.9 Å². The second-order valence-corrected chi connectivity index (χ2v) is 12.7. The van der Waals surface area contributed by atoms with Gasteiger partial charge in [-0.2, -0.15) is 0 Å². The van der Waals surface area contributed by atoms with Gasteiger partial charge in [-0.15, -0.1) is 0 Å². The number of amides is 2. The van der Waals surface area contributed by atoms with E-state index < -0.39 is 37.9 Å². The number of ether oxygens (including phenoxy) is 2. The average molecular weight is 657 g/mol. The van der Waals surface area contributed by atoms with Gasteiger partial charge in [0.1, 0.15) is 24.4 Å². The minimum Gasteiger partial charge on any atom is -0.467 e. The number of rotatable bonds is 10. The van der Waals surface area contributed by atoms with E-state index in [1.165, 1.54) is 13.2 Å². The number of hydrogen-bond acceptors (Lipinski definition) is 8. The molecule has 0 bridgehead atoms. The van der Waals surface area contributed by atoms with Crippen molar-refractivity contribution in [2.45, 2.75) is 37.5 Å². The van der Waals surface area contributed by atoms with Crippen molar-refractivity contribution in [1.29, 1.82) is 0 Å². The Labute approximate surface area is 271 Å². The molecular weight excluding hydrogens is 623 g/mol. The fourth-order valence-electron chi connectivity index (χ4n) is 5.95. The van der Waals surface area contributed by atoms with Crippen molar-refractivity contribution in [3.63, 3.8) is 0 Å². The van der Waals surface area contributed by atoms with E-state index in [9.17, 15) is 23.8 Å². The molecule has 1 heterocycles. The first-order chi connectivity index (χ1) is 22.7. The lowest BCUT2D eigenvalue weighted by atomic mass is 9.98. The Hall–Kier alpha value is -4.96. The quantitative estimate of drug-likeness (QED) is 0.158. The number of esters is 1. The van der Waals surface area contributed by atoms with E-state index >= 15 is 0 Å². The summed E-state index contributed by atoms with van der Waals surface area (Å²) >= 11 is 0. The van der Waals surface area contributed by atoms with Crippen molar-refractivity contribution in [2.75, 3.05) is 13.7 Å². The minimum absolute atomic E-state index is 0.0332. The molecule has 3 N–H and O–H groups in total. The number of hydrogen-bond donors (Lipinski definition) is 3. The topological polar surface area (TPSA) is 149 Å². The number of carbonyl (C=O) groups excluding carboxylic acids is 3. The second kappa shape index (κ2) is 13.8. The van der Waals surface area contributed by atoms with Crippen LogP contribution in [-0.2, 0) is 47.6 Å². The van der Waals surface area contributed by atoms with Crippen LogP contribution >= 0.6 is 7.82 Å². The molecule has 1 aliphatic heterocycles. The highest BCUT2D eigenvalue weighted by atomic mass is 31.2. The number of nitrogens with one attached hydrogen (secondary N) is 2. The smallest absolute Gasteiger partial charge is 0.467 e. The van der Waals surface area contributed by atoms with Gasteiger partial charge in [0.2, 0.25) is 5.91 Å². The predicted octanol–water partition coefficient (Wildman–Crippen LogP) is 5.05. The number of benzene rings is 4. The first-order valence-corrected chi connectivity index (χ1v) is 16.5. The molecule has 11 nitrogen and oxygen atoms in total. The molecule has 1 unspecified atom stereocenters. The summed E-state index contributed by atoms with van der Waals surface area (Å²) in [6.45, 7) is -0.0861. The lowest BCUT2D eigenvalue weighted by Crippen LogP contribution is -2.53. The van der Waals surface area contributed by atoms with Crippen LogP contribution in [0.5, 0.6) is 5.75 Å². The van der Waals surface area contributed by atoms with Crippen molar-refractivity contribution in [1.82, 2.24) is 10.6 Å². The van der Waals surface area contributed by atoms with E-state index in [0.717, 1.165) is 27.8 Å². The second-order valence-electron chi connectivity index (χ2n) is 11.3. The lowest BCUT2D eigenvalue weighted by Gasteiger charge is -2.24. The molecule has 47 heavy (non-hydrogen) atoms. The highest BCUT2D eigenvalue weighted by Gasteiger charge is 2.33. The molecule has 6 rings (SSSR count). The van der Waals surface area contributed by atoms with Crippen LogP contribution in [0, 0.1) is 0 Å². The minimum atomic E-state index is -4.17. The first-order valence-electron chi connectivity index (χ1n) is 15.0. The van der Waals surface area contributed by atoms with E-state index in [1.807, 2.05) is 78.9 Å².